The first kappa shape index (κ1) is 39.5. The summed E-state index contributed by atoms with van der Waals surface area (Å²) in [7, 11) is 0. The zero-order chi connectivity index (χ0) is 39.8. The number of fused-ring (bicyclic) bond motifs is 2. The Hall–Kier alpha value is -5.30. The highest BCUT2D eigenvalue weighted by atomic mass is 16.6. The van der Waals surface area contributed by atoms with Crippen LogP contribution in [0.4, 0.5) is 0 Å². The highest BCUT2D eigenvalue weighted by Crippen LogP contribution is 2.42. The number of benzene rings is 6. The Labute approximate surface area is 342 Å². The summed E-state index contributed by atoms with van der Waals surface area (Å²) < 4.78 is 13.2. The largest absolute Gasteiger partial charge is 0.449 e. The molecule has 0 radical (unpaired) electrons. The van der Waals surface area contributed by atoms with Gasteiger partial charge < -0.3 is 20.9 Å². The number of rotatable bonds is 13. The van der Waals surface area contributed by atoms with E-state index in [9.17, 15) is 9.59 Å². The third-order valence-electron chi connectivity index (χ3n) is 12.8. The van der Waals surface area contributed by atoms with Crippen molar-refractivity contribution in [2.24, 2.45) is 23.3 Å². The summed E-state index contributed by atoms with van der Waals surface area (Å²) >= 11 is 0. The molecular formula is C52H56N2O4. The van der Waals surface area contributed by atoms with Gasteiger partial charge in [-0.25, -0.2) is 9.59 Å². The number of hydrogen-bond acceptors (Lipinski definition) is 6. The lowest BCUT2D eigenvalue weighted by atomic mass is 9.83. The van der Waals surface area contributed by atoms with Gasteiger partial charge in [-0.15, -0.1) is 0 Å². The van der Waals surface area contributed by atoms with Crippen LogP contribution in [0.2, 0.25) is 0 Å². The van der Waals surface area contributed by atoms with Crippen molar-refractivity contribution >= 4 is 33.5 Å². The maximum atomic E-state index is 14.3. The van der Waals surface area contributed by atoms with Crippen LogP contribution < -0.4 is 11.5 Å². The molecule has 0 aromatic heterocycles. The van der Waals surface area contributed by atoms with E-state index in [1.54, 1.807) is 0 Å². The van der Waals surface area contributed by atoms with Crippen molar-refractivity contribution in [3.05, 3.63) is 167 Å². The molecule has 6 aromatic carbocycles. The topological polar surface area (TPSA) is 105 Å². The molecule has 0 saturated heterocycles. The second-order valence-corrected chi connectivity index (χ2v) is 16.8. The van der Waals surface area contributed by atoms with Gasteiger partial charge in [-0.3, -0.25) is 0 Å². The van der Waals surface area contributed by atoms with Gasteiger partial charge in [0.05, 0.1) is 11.1 Å². The summed E-state index contributed by atoms with van der Waals surface area (Å²) in [5.41, 5.74) is 17.1. The van der Waals surface area contributed by atoms with E-state index in [4.69, 9.17) is 20.9 Å². The lowest BCUT2D eigenvalue weighted by Crippen LogP contribution is -2.26. The second kappa shape index (κ2) is 18.5. The standard InChI is InChI=1S/C52H56N2O4/c53-43-31-23-37(24-32-43)17-15-35-19-27-41(28-20-35)51(55)57-49(47-13-5-9-39-7-1-3-11-45(39)47)50(48-14-6-10-40-8-2-4-12-46(40)48)58-52(56)42-29-21-36(22-30-42)16-18-38-25-33-44(54)34-26-38/h1-14,19-22,27-30,37-38,43-44,49-50H,15-18,23-26,31-34,53-54H2/t37?,38?,43?,44?,49-,50-/m1/s1. The predicted octanol–water partition coefficient (Wildman–Crippen LogP) is 11.4. The number of esters is 2. The Morgan fingerprint density at radius 2 is 0.828 bits per heavy atom. The molecule has 6 heteroatoms. The number of carbonyl (C=O) groups is 2. The van der Waals surface area contributed by atoms with Crippen LogP contribution in [0.3, 0.4) is 0 Å². The number of hydrogen-bond donors (Lipinski definition) is 2. The molecule has 0 amide bonds. The Balaban J connectivity index is 1.09. The number of carbonyl (C=O) groups excluding carboxylic acids is 2. The fourth-order valence-electron chi connectivity index (χ4n) is 9.25. The minimum atomic E-state index is -0.964. The smallest absolute Gasteiger partial charge is 0.338 e. The molecule has 298 valence electrons. The van der Waals surface area contributed by atoms with Gasteiger partial charge in [-0.05, 0) is 146 Å². The van der Waals surface area contributed by atoms with Crippen molar-refractivity contribution in [3.8, 4) is 0 Å². The van der Waals surface area contributed by atoms with Crippen LogP contribution in [-0.4, -0.2) is 24.0 Å². The Morgan fingerprint density at radius 3 is 1.22 bits per heavy atom. The third-order valence-corrected chi connectivity index (χ3v) is 12.8. The summed E-state index contributed by atoms with van der Waals surface area (Å²) in [4.78, 5) is 28.6. The number of ether oxygens (including phenoxy) is 2. The molecule has 6 aromatic rings. The van der Waals surface area contributed by atoms with Crippen LogP contribution in [0.25, 0.3) is 21.5 Å². The number of aryl methyl sites for hydroxylation is 2. The molecule has 0 unspecified atom stereocenters. The highest BCUT2D eigenvalue weighted by Gasteiger charge is 2.35. The van der Waals surface area contributed by atoms with Gasteiger partial charge in [0.15, 0.2) is 12.2 Å². The van der Waals surface area contributed by atoms with Gasteiger partial charge in [-0.2, -0.15) is 0 Å². The second-order valence-electron chi connectivity index (χ2n) is 16.8. The molecular weight excluding hydrogens is 717 g/mol. The normalized spacial score (nSPS) is 20.7. The molecule has 2 aliphatic rings. The van der Waals surface area contributed by atoms with Gasteiger partial charge in [0.1, 0.15) is 0 Å². The Kier molecular flexibility index (Phi) is 12.6. The van der Waals surface area contributed by atoms with Crippen molar-refractivity contribution in [1.82, 2.24) is 0 Å². The molecule has 2 atom stereocenters. The SMILES string of the molecule is NC1CCC(CCc2ccc(C(=O)O[C@H](c3cccc4ccccc34)[C@H](OC(=O)c3ccc(CCC4CCC(N)CC4)cc3)c3cccc4ccccc34)cc2)CC1. The van der Waals surface area contributed by atoms with E-state index in [0.717, 1.165) is 84.0 Å². The van der Waals surface area contributed by atoms with Crippen LogP contribution >= 0.6 is 0 Å². The zero-order valence-corrected chi connectivity index (χ0v) is 33.4. The maximum Gasteiger partial charge on any atom is 0.338 e. The molecule has 4 N–H and O–H groups in total. The minimum absolute atomic E-state index is 0.344. The van der Waals surface area contributed by atoms with Gasteiger partial charge in [-0.1, -0.05) is 109 Å². The molecule has 6 nitrogen and oxygen atoms in total. The van der Waals surface area contributed by atoms with Gasteiger partial charge >= 0.3 is 11.9 Å². The summed E-state index contributed by atoms with van der Waals surface area (Å²) in [5.74, 6) is 0.445. The maximum absolute atomic E-state index is 14.3. The average Bonchev–Trinajstić information content (AvgIpc) is 3.27. The molecule has 0 spiro atoms. The summed E-state index contributed by atoms with van der Waals surface area (Å²) in [6.45, 7) is 0. The van der Waals surface area contributed by atoms with Gasteiger partial charge in [0.2, 0.25) is 0 Å². The third kappa shape index (κ3) is 9.52. The van der Waals surface area contributed by atoms with E-state index in [0.29, 0.717) is 35.0 Å². The van der Waals surface area contributed by atoms with E-state index in [2.05, 4.69) is 0 Å². The average molecular weight is 773 g/mol. The molecule has 2 aliphatic carbocycles. The molecule has 58 heavy (non-hydrogen) atoms. The van der Waals surface area contributed by atoms with E-state index in [-0.39, 0.29) is 0 Å². The van der Waals surface area contributed by atoms with Crippen molar-refractivity contribution in [2.45, 2.75) is 101 Å². The van der Waals surface area contributed by atoms with Gasteiger partial charge in [0, 0.05) is 23.2 Å². The monoisotopic (exact) mass is 772 g/mol. The first-order valence-corrected chi connectivity index (χ1v) is 21.4. The van der Waals surface area contributed by atoms with Gasteiger partial charge in [0.25, 0.3) is 0 Å². The lowest BCUT2D eigenvalue weighted by Gasteiger charge is -2.29. The molecule has 0 aliphatic heterocycles. The Bertz CT molecular complexity index is 2130. The fourth-order valence-corrected chi connectivity index (χ4v) is 9.25. The molecule has 2 fully saturated rings. The summed E-state index contributed by atoms with van der Waals surface area (Å²) in [6, 6.07) is 44.3. The first-order chi connectivity index (χ1) is 28.4. The van der Waals surface area contributed by atoms with Crippen molar-refractivity contribution in [1.29, 1.82) is 0 Å². The zero-order valence-electron chi connectivity index (χ0n) is 33.4. The first-order valence-electron chi connectivity index (χ1n) is 21.4. The Morgan fingerprint density at radius 1 is 0.466 bits per heavy atom. The highest BCUT2D eigenvalue weighted by molar-refractivity contribution is 5.93. The van der Waals surface area contributed by atoms with Crippen LogP contribution in [-0.2, 0) is 22.3 Å². The predicted molar refractivity (Wildman–Crippen MR) is 234 cm³/mol. The van der Waals surface area contributed by atoms with E-state index in [1.165, 1.54) is 36.8 Å². The minimum Gasteiger partial charge on any atom is -0.449 e. The van der Waals surface area contributed by atoms with Crippen LogP contribution in [0, 0.1) is 11.8 Å². The van der Waals surface area contributed by atoms with Crippen LogP contribution in [0.1, 0.15) is 119 Å². The van der Waals surface area contributed by atoms with Crippen molar-refractivity contribution in [3.63, 3.8) is 0 Å². The lowest BCUT2D eigenvalue weighted by molar-refractivity contribution is -0.0379. The van der Waals surface area contributed by atoms with E-state index >= 15 is 0 Å². The van der Waals surface area contributed by atoms with Crippen molar-refractivity contribution < 1.29 is 19.1 Å². The molecule has 0 bridgehead atoms. The van der Waals surface area contributed by atoms with Crippen LogP contribution in [0.5, 0.6) is 0 Å². The van der Waals surface area contributed by atoms with Crippen LogP contribution in [0.15, 0.2) is 133 Å². The van der Waals surface area contributed by atoms with E-state index in [1.807, 2.05) is 133 Å². The fraction of sp³-hybridized carbons (Fsp3) is 0.346. The summed E-state index contributed by atoms with van der Waals surface area (Å²) in [6.07, 6.45) is 11.4. The summed E-state index contributed by atoms with van der Waals surface area (Å²) in [5, 5.41) is 3.85. The molecule has 2 saturated carbocycles. The van der Waals surface area contributed by atoms with E-state index < -0.39 is 24.1 Å². The quantitative estimate of drug-likeness (QED) is 0.113. The number of nitrogens with two attached hydrogens (primary N) is 2. The molecule has 8 rings (SSSR count). The molecule has 0 heterocycles. The van der Waals surface area contributed by atoms with Crippen molar-refractivity contribution in [2.75, 3.05) is 0 Å².